The van der Waals surface area contributed by atoms with Crippen molar-refractivity contribution in [1.29, 1.82) is 0 Å². The molecule has 8 rings (SSSR count). The van der Waals surface area contributed by atoms with Crippen molar-refractivity contribution in [3.63, 3.8) is 0 Å². The molecule has 0 bridgehead atoms. The van der Waals surface area contributed by atoms with E-state index in [9.17, 15) is 42.2 Å². The van der Waals surface area contributed by atoms with Gasteiger partial charge in [0.05, 0.1) is 38.1 Å². The lowest BCUT2D eigenvalue weighted by Gasteiger charge is -2.30. The number of carbonyl (C=O) groups is 3. The van der Waals surface area contributed by atoms with Gasteiger partial charge in [0.1, 0.15) is 6.29 Å². The minimum atomic E-state index is -0.843. The van der Waals surface area contributed by atoms with Crippen LogP contribution in [-0.4, -0.2) is 60.9 Å². The largest absolute Gasteiger partial charge is 0.504 e. The number of benzene rings is 4. The first-order valence-corrected chi connectivity index (χ1v) is 37.0. The fourth-order valence-electron chi connectivity index (χ4n) is 14.4. The summed E-state index contributed by atoms with van der Waals surface area (Å²) in [6, 6.07) is 14.8. The van der Waals surface area contributed by atoms with Crippen molar-refractivity contribution in [2.24, 2.45) is 47.3 Å². The molecular formula is C80H121ClF4O9. The normalized spacial score (nSPS) is 21.0. The zero-order valence-corrected chi connectivity index (χ0v) is 60.5. The van der Waals surface area contributed by atoms with Gasteiger partial charge in [0.25, 0.3) is 0 Å². The maximum absolute atomic E-state index is 14.3. The van der Waals surface area contributed by atoms with Gasteiger partial charge in [-0.2, -0.15) is 4.39 Å². The third-order valence-corrected chi connectivity index (χ3v) is 19.7. The number of ketones is 2. The number of aryl methyl sites for hydroxylation is 1. The maximum Gasteiger partial charge on any atom is 0.207 e. The minimum Gasteiger partial charge on any atom is -0.504 e. The lowest BCUT2D eigenvalue weighted by molar-refractivity contribution is -0.108. The second kappa shape index (κ2) is 46.9. The third kappa shape index (κ3) is 28.1. The van der Waals surface area contributed by atoms with Crippen LogP contribution in [0.1, 0.15) is 284 Å². The molecule has 0 aromatic heterocycles. The molecule has 2 N–H and O–H groups in total. The maximum atomic E-state index is 14.3. The van der Waals surface area contributed by atoms with E-state index in [2.05, 4.69) is 39.3 Å². The molecule has 4 aliphatic carbocycles. The van der Waals surface area contributed by atoms with Crippen LogP contribution in [0.3, 0.4) is 0 Å². The molecule has 0 spiro atoms. The summed E-state index contributed by atoms with van der Waals surface area (Å²) in [5.74, 6) is 3.90. The number of hydrogen-bond acceptors (Lipinski definition) is 9. The molecule has 0 heterocycles. The Labute approximate surface area is 570 Å². The molecule has 9 nitrogen and oxygen atoms in total. The van der Waals surface area contributed by atoms with Crippen LogP contribution >= 0.6 is 11.6 Å². The molecule has 0 amide bonds. The Morgan fingerprint density at radius 1 is 0.457 bits per heavy atom. The molecule has 4 aromatic rings. The van der Waals surface area contributed by atoms with E-state index >= 15 is 0 Å². The van der Waals surface area contributed by atoms with E-state index in [0.29, 0.717) is 90.6 Å². The number of rotatable bonds is 27. The number of carbonyl (C=O) groups excluding carboxylic acids is 3. The Kier molecular flexibility index (Phi) is 41.5. The van der Waals surface area contributed by atoms with Crippen LogP contribution in [0, 0.1) is 91.4 Å². The summed E-state index contributed by atoms with van der Waals surface area (Å²) in [7, 11) is 0. The van der Waals surface area contributed by atoms with E-state index in [0.717, 1.165) is 74.4 Å². The van der Waals surface area contributed by atoms with Gasteiger partial charge < -0.3 is 34.0 Å². The SMILES string of the molecule is CCCC1CCC(CC(=O)c2ccc(OCC)c(F)c2C)CC1.CCCC1CCC(CC(=O)c2ccc(OCC)c(F)c2O)CC1.CCCC1CCC(CC(O)c2ccc(OCC)c(F)c2C)CC1.CCCC1CCC(CC=O)CC1.CCOc1cccc(C)c1F.CCl. The Bertz CT molecular complexity index is 2660. The molecule has 1 unspecified atom stereocenters. The number of hydrogen-bond donors (Lipinski definition) is 2. The van der Waals surface area contributed by atoms with Crippen LogP contribution in [-0.2, 0) is 4.79 Å². The first-order valence-electron chi connectivity index (χ1n) is 36.2. The number of phenols is 1. The zero-order chi connectivity index (χ0) is 69.5. The van der Waals surface area contributed by atoms with Gasteiger partial charge in [0.2, 0.25) is 5.82 Å². The zero-order valence-electron chi connectivity index (χ0n) is 59.7. The number of halogens is 5. The summed E-state index contributed by atoms with van der Waals surface area (Å²) < 4.78 is 76.3. The molecular weight excluding hydrogens is 1220 g/mol. The first kappa shape index (κ1) is 83.1. The highest BCUT2D eigenvalue weighted by Gasteiger charge is 2.29. The monoisotopic (exact) mass is 1340 g/mol. The van der Waals surface area contributed by atoms with Crippen molar-refractivity contribution >= 4 is 29.5 Å². The molecule has 4 aliphatic rings. The Balaban J connectivity index is 0.000000313. The average molecular weight is 1340 g/mol. The quantitative estimate of drug-likeness (QED) is 0.0260. The van der Waals surface area contributed by atoms with Gasteiger partial charge in [0.15, 0.2) is 57.8 Å². The van der Waals surface area contributed by atoms with Gasteiger partial charge in [-0.3, -0.25) is 9.59 Å². The highest BCUT2D eigenvalue weighted by Crippen LogP contribution is 2.40. The number of aldehydes is 1. The molecule has 0 aliphatic heterocycles. The Hall–Kier alpha value is -5.14. The Morgan fingerprint density at radius 3 is 1.20 bits per heavy atom. The first-order chi connectivity index (χ1) is 45.3. The number of aromatic hydroxyl groups is 1. The van der Waals surface area contributed by atoms with Crippen molar-refractivity contribution < 1.29 is 61.1 Å². The van der Waals surface area contributed by atoms with Crippen LogP contribution in [0.15, 0.2) is 54.6 Å². The van der Waals surface area contributed by atoms with E-state index in [1.807, 2.05) is 26.8 Å². The van der Waals surface area contributed by atoms with Gasteiger partial charge in [-0.15, -0.1) is 11.6 Å². The summed E-state index contributed by atoms with van der Waals surface area (Å²) in [5.41, 5.74) is 2.85. The van der Waals surface area contributed by atoms with E-state index < -0.39 is 23.5 Å². The van der Waals surface area contributed by atoms with E-state index in [1.165, 1.54) is 147 Å². The van der Waals surface area contributed by atoms with Gasteiger partial charge in [0, 0.05) is 31.2 Å². The van der Waals surface area contributed by atoms with Gasteiger partial charge >= 0.3 is 0 Å². The van der Waals surface area contributed by atoms with Crippen LogP contribution in [0.2, 0.25) is 0 Å². The van der Waals surface area contributed by atoms with Gasteiger partial charge in [-0.05, 0) is 199 Å². The number of aliphatic hydroxyl groups is 1. The molecule has 94 heavy (non-hydrogen) atoms. The minimum absolute atomic E-state index is 0.0124. The summed E-state index contributed by atoms with van der Waals surface area (Å²) in [5, 5.41) is 20.5. The predicted octanol–water partition coefficient (Wildman–Crippen LogP) is 23.0. The van der Waals surface area contributed by atoms with Crippen molar-refractivity contribution in [3.05, 3.63) is 111 Å². The van der Waals surface area contributed by atoms with Crippen LogP contribution < -0.4 is 18.9 Å². The molecule has 530 valence electrons. The van der Waals surface area contributed by atoms with Crippen molar-refractivity contribution in [2.45, 2.75) is 262 Å². The van der Waals surface area contributed by atoms with Crippen LogP contribution in [0.4, 0.5) is 17.6 Å². The standard InChI is InChI=1S/C20H31FO2.C20H29FO2.C19H27FO3.C11H20O.C9H11FO.CH3Cl/c2*1-4-6-15-7-9-16(10-8-15)13-18(22)17-11-12-19(23-5-2)20(21)14(17)3;1-3-5-13-6-8-14(9-7-13)12-16(21)15-10-11-17(23-4-2)18(20)19(15)22;1-2-3-10-4-6-11(7-5-10)8-9-12;1-3-11-8-6-4-5-7(2)9(8)10;1-2/h11-12,15-16,18,22H,4-10,13H2,1-3H3;11-12,15-16H,4-10,13H2,1-3H3;10-11,13-14,22H,3-9,12H2,1-2H3;9-11H,2-8H2,1H3;4-6H,3H2,1-2H3;1H3. The van der Waals surface area contributed by atoms with Crippen LogP contribution in [0.25, 0.3) is 0 Å². The molecule has 0 saturated heterocycles. The number of Topliss-reactive ketones (excluding diaryl/α,β-unsaturated/α-hetero) is 2. The van der Waals surface area contributed by atoms with E-state index in [4.69, 9.17) is 18.9 Å². The highest BCUT2D eigenvalue weighted by atomic mass is 35.5. The predicted molar refractivity (Wildman–Crippen MR) is 378 cm³/mol. The summed E-state index contributed by atoms with van der Waals surface area (Å²) >= 11 is 4.64. The number of ether oxygens (including phenoxy) is 4. The van der Waals surface area contributed by atoms with Crippen molar-refractivity contribution in [3.8, 4) is 28.7 Å². The fraction of sp³-hybridized carbons (Fsp3) is 0.662. The number of alkyl halides is 1. The second-order valence-electron chi connectivity index (χ2n) is 26.6. The van der Waals surface area contributed by atoms with Crippen LogP contribution in [0.5, 0.6) is 28.7 Å². The molecule has 4 fully saturated rings. The highest BCUT2D eigenvalue weighted by molar-refractivity contribution is 6.15. The fourth-order valence-corrected chi connectivity index (χ4v) is 14.4. The molecule has 1 atom stereocenters. The van der Waals surface area contributed by atoms with Gasteiger partial charge in [-0.25, -0.2) is 13.2 Å². The summed E-state index contributed by atoms with van der Waals surface area (Å²) in [6.45, 7) is 23.0. The lowest BCUT2D eigenvalue weighted by atomic mass is 9.77. The van der Waals surface area contributed by atoms with Crippen molar-refractivity contribution in [2.75, 3.05) is 32.8 Å². The lowest BCUT2D eigenvalue weighted by Crippen LogP contribution is -2.18. The van der Waals surface area contributed by atoms with E-state index in [1.54, 1.807) is 64.1 Å². The molecule has 14 heteroatoms. The summed E-state index contributed by atoms with van der Waals surface area (Å²) in [6.07, 6.45) is 34.3. The number of aliphatic hydroxyl groups excluding tert-OH is 1. The van der Waals surface area contributed by atoms with E-state index in [-0.39, 0.29) is 46.0 Å². The topological polar surface area (TPSA) is 129 Å². The van der Waals surface area contributed by atoms with Gasteiger partial charge in [-0.1, -0.05) is 161 Å². The number of phenolic OH excluding ortho intramolecular Hbond substituents is 1. The van der Waals surface area contributed by atoms with Crippen molar-refractivity contribution in [1.82, 2.24) is 0 Å². The molecule has 0 radical (unpaired) electrons. The molecule has 4 aromatic carbocycles. The second-order valence-corrected chi connectivity index (χ2v) is 26.6. The molecule has 4 saturated carbocycles. The average Bonchev–Trinajstić information content (AvgIpc) is 0.842. The summed E-state index contributed by atoms with van der Waals surface area (Å²) in [4.78, 5) is 35.2. The smallest absolute Gasteiger partial charge is 0.207 e. The third-order valence-electron chi connectivity index (χ3n) is 19.7. The Morgan fingerprint density at radius 2 is 0.798 bits per heavy atom.